The third-order valence-corrected chi connectivity index (χ3v) is 3.24. The van der Waals surface area contributed by atoms with Gasteiger partial charge in [-0.05, 0) is 11.5 Å². The maximum absolute atomic E-state index is 4.41. The highest BCUT2D eigenvalue weighted by Gasteiger charge is 2.02. The van der Waals surface area contributed by atoms with E-state index in [4.69, 9.17) is 0 Å². The van der Waals surface area contributed by atoms with Crippen molar-refractivity contribution in [3.63, 3.8) is 0 Å². The normalized spacial score (nSPS) is 10.8. The summed E-state index contributed by atoms with van der Waals surface area (Å²) in [5.74, 6) is 2.01. The lowest BCUT2D eigenvalue weighted by molar-refractivity contribution is 0.789. The number of pyridine rings is 1. The van der Waals surface area contributed by atoms with Gasteiger partial charge in [-0.25, -0.2) is 9.97 Å². The Morgan fingerprint density at radius 1 is 1.11 bits per heavy atom. The van der Waals surface area contributed by atoms with E-state index in [9.17, 15) is 0 Å². The maximum Gasteiger partial charge on any atom is 0.133 e. The molecule has 4 nitrogen and oxygen atoms in total. The molecule has 0 fully saturated rings. The number of aromatic nitrogens is 3. The van der Waals surface area contributed by atoms with Gasteiger partial charge in [0.25, 0.3) is 0 Å². The van der Waals surface area contributed by atoms with E-state index >= 15 is 0 Å². The first kappa shape index (κ1) is 11.7. The highest BCUT2D eigenvalue weighted by molar-refractivity contribution is 5.91. The van der Waals surface area contributed by atoms with Crippen molar-refractivity contribution in [1.82, 2.24) is 14.5 Å². The molecule has 0 aliphatic heterocycles. The molecule has 0 aliphatic rings. The smallest absolute Gasteiger partial charge is 0.133 e. The number of imidazole rings is 1. The summed E-state index contributed by atoms with van der Waals surface area (Å²) in [4.78, 5) is 8.72. The quantitative estimate of drug-likeness (QED) is 0.776. The van der Waals surface area contributed by atoms with Crippen LogP contribution >= 0.6 is 0 Å². The predicted molar refractivity (Wildman–Crippen MR) is 77.1 cm³/mol. The Labute approximate surface area is 112 Å². The summed E-state index contributed by atoms with van der Waals surface area (Å²) in [6.45, 7) is 0.825. The molecule has 0 atom stereocenters. The second kappa shape index (κ2) is 5.10. The van der Waals surface area contributed by atoms with Crippen LogP contribution in [0.15, 0.2) is 48.9 Å². The first-order valence-corrected chi connectivity index (χ1v) is 6.38. The molecule has 1 aromatic carbocycles. The van der Waals surface area contributed by atoms with Gasteiger partial charge in [-0.3, -0.25) is 0 Å². The van der Waals surface area contributed by atoms with Crippen molar-refractivity contribution >= 4 is 16.6 Å². The average molecular weight is 252 g/mol. The molecule has 3 rings (SSSR count). The minimum atomic E-state index is 0.825. The number of nitrogens with one attached hydrogen (secondary N) is 1. The zero-order valence-electron chi connectivity index (χ0n) is 10.9. The second-order valence-corrected chi connectivity index (χ2v) is 4.51. The van der Waals surface area contributed by atoms with Crippen molar-refractivity contribution in [1.29, 1.82) is 0 Å². The second-order valence-electron chi connectivity index (χ2n) is 4.51. The highest BCUT2D eigenvalue weighted by Crippen LogP contribution is 2.20. The Kier molecular flexibility index (Phi) is 3.14. The van der Waals surface area contributed by atoms with E-state index in [1.807, 2.05) is 48.4 Å². The van der Waals surface area contributed by atoms with Gasteiger partial charge in [0.2, 0.25) is 0 Å². The van der Waals surface area contributed by atoms with Crippen LogP contribution in [0.1, 0.15) is 5.82 Å². The molecule has 0 unspecified atom stereocenters. The van der Waals surface area contributed by atoms with Crippen LogP contribution in [0.4, 0.5) is 5.82 Å². The summed E-state index contributed by atoms with van der Waals surface area (Å²) < 4.78 is 2.04. The zero-order valence-corrected chi connectivity index (χ0v) is 10.9. The standard InChI is InChI=1S/C15H16N4/c1-19-11-10-16-14(19)7-9-18-15-13-5-3-2-4-12(13)6-8-17-15/h2-6,8,10-11H,7,9H2,1H3,(H,17,18). The Hall–Kier alpha value is -2.36. The monoisotopic (exact) mass is 252 g/mol. The van der Waals surface area contributed by atoms with E-state index in [1.165, 1.54) is 5.39 Å². The highest BCUT2D eigenvalue weighted by atomic mass is 15.0. The molecule has 2 aromatic heterocycles. The van der Waals surface area contributed by atoms with Crippen molar-refractivity contribution in [2.24, 2.45) is 7.05 Å². The molecule has 4 heteroatoms. The summed E-state index contributed by atoms with van der Waals surface area (Å²) in [7, 11) is 2.01. The molecule has 1 N–H and O–H groups in total. The van der Waals surface area contributed by atoms with Crippen LogP contribution in [-0.4, -0.2) is 21.1 Å². The van der Waals surface area contributed by atoms with Crippen LogP contribution < -0.4 is 5.32 Å². The molecule has 3 aromatic rings. The number of benzene rings is 1. The lowest BCUT2D eigenvalue weighted by Crippen LogP contribution is -2.09. The zero-order chi connectivity index (χ0) is 13.1. The molecule has 0 saturated heterocycles. The number of rotatable bonds is 4. The van der Waals surface area contributed by atoms with E-state index in [0.717, 1.165) is 30.0 Å². The molecule has 0 spiro atoms. The van der Waals surface area contributed by atoms with Gasteiger partial charge in [-0.15, -0.1) is 0 Å². The summed E-state index contributed by atoms with van der Waals surface area (Å²) in [6.07, 6.45) is 6.51. The van der Waals surface area contributed by atoms with Crippen molar-refractivity contribution in [2.45, 2.75) is 6.42 Å². The minimum Gasteiger partial charge on any atom is -0.369 e. The molecular formula is C15H16N4. The fraction of sp³-hybridized carbons (Fsp3) is 0.200. The topological polar surface area (TPSA) is 42.7 Å². The van der Waals surface area contributed by atoms with Gasteiger partial charge in [0.15, 0.2) is 0 Å². The maximum atomic E-state index is 4.41. The van der Waals surface area contributed by atoms with Crippen molar-refractivity contribution in [3.8, 4) is 0 Å². The average Bonchev–Trinajstić information content (AvgIpc) is 2.85. The van der Waals surface area contributed by atoms with Gasteiger partial charge < -0.3 is 9.88 Å². The van der Waals surface area contributed by atoms with Crippen LogP contribution in [0.5, 0.6) is 0 Å². The Morgan fingerprint density at radius 3 is 2.84 bits per heavy atom. The molecular weight excluding hydrogens is 236 g/mol. The van der Waals surface area contributed by atoms with E-state index in [0.29, 0.717) is 0 Å². The number of fused-ring (bicyclic) bond motifs is 1. The molecule has 0 saturated carbocycles. The first-order chi connectivity index (χ1) is 9.34. The Bertz CT molecular complexity index is 682. The van der Waals surface area contributed by atoms with E-state index < -0.39 is 0 Å². The summed E-state index contributed by atoms with van der Waals surface area (Å²) in [5.41, 5.74) is 0. The van der Waals surface area contributed by atoms with Gasteiger partial charge in [-0.1, -0.05) is 24.3 Å². The largest absolute Gasteiger partial charge is 0.369 e. The number of nitrogens with zero attached hydrogens (tertiary/aromatic N) is 3. The molecule has 0 bridgehead atoms. The van der Waals surface area contributed by atoms with Crippen LogP contribution in [0, 0.1) is 0 Å². The molecule has 0 aliphatic carbocycles. The lowest BCUT2D eigenvalue weighted by Gasteiger charge is -2.08. The summed E-state index contributed by atoms with van der Waals surface area (Å²) >= 11 is 0. The molecule has 96 valence electrons. The summed E-state index contributed by atoms with van der Waals surface area (Å²) in [5, 5.41) is 5.75. The Balaban J connectivity index is 1.74. The van der Waals surface area contributed by atoms with Crippen LogP contribution in [0.25, 0.3) is 10.8 Å². The number of hydrogen-bond donors (Lipinski definition) is 1. The third kappa shape index (κ3) is 2.42. The van der Waals surface area contributed by atoms with Crippen molar-refractivity contribution in [2.75, 3.05) is 11.9 Å². The predicted octanol–water partition coefficient (Wildman–Crippen LogP) is 2.62. The van der Waals surface area contributed by atoms with Crippen LogP contribution in [0.2, 0.25) is 0 Å². The fourth-order valence-corrected chi connectivity index (χ4v) is 2.19. The number of aryl methyl sites for hydroxylation is 1. The fourth-order valence-electron chi connectivity index (χ4n) is 2.19. The van der Waals surface area contributed by atoms with E-state index in [2.05, 4.69) is 27.4 Å². The van der Waals surface area contributed by atoms with Crippen LogP contribution in [0.3, 0.4) is 0 Å². The van der Waals surface area contributed by atoms with Gasteiger partial charge in [0, 0.05) is 44.0 Å². The minimum absolute atomic E-state index is 0.825. The van der Waals surface area contributed by atoms with Gasteiger partial charge >= 0.3 is 0 Å². The Morgan fingerprint density at radius 2 is 2.00 bits per heavy atom. The molecule has 0 amide bonds. The van der Waals surface area contributed by atoms with Crippen molar-refractivity contribution in [3.05, 3.63) is 54.7 Å². The lowest BCUT2D eigenvalue weighted by atomic mass is 10.1. The number of anilines is 1. The first-order valence-electron chi connectivity index (χ1n) is 6.38. The number of hydrogen-bond acceptors (Lipinski definition) is 3. The van der Waals surface area contributed by atoms with E-state index in [-0.39, 0.29) is 0 Å². The molecule has 2 heterocycles. The third-order valence-electron chi connectivity index (χ3n) is 3.24. The van der Waals surface area contributed by atoms with Crippen LogP contribution in [-0.2, 0) is 13.5 Å². The van der Waals surface area contributed by atoms with E-state index in [1.54, 1.807) is 0 Å². The van der Waals surface area contributed by atoms with Crippen molar-refractivity contribution < 1.29 is 0 Å². The summed E-state index contributed by atoms with van der Waals surface area (Å²) in [6, 6.07) is 10.3. The van der Waals surface area contributed by atoms with Gasteiger partial charge in [0.05, 0.1) is 0 Å². The molecule has 0 radical (unpaired) electrons. The van der Waals surface area contributed by atoms with Gasteiger partial charge in [-0.2, -0.15) is 0 Å². The molecule has 19 heavy (non-hydrogen) atoms. The van der Waals surface area contributed by atoms with Gasteiger partial charge in [0.1, 0.15) is 11.6 Å². The SMILES string of the molecule is Cn1ccnc1CCNc1nccc2ccccc12.